The van der Waals surface area contributed by atoms with E-state index in [0.29, 0.717) is 10.0 Å². The fourth-order valence-electron chi connectivity index (χ4n) is 2.45. The molecule has 17 heavy (non-hydrogen) atoms. The van der Waals surface area contributed by atoms with Crippen molar-refractivity contribution in [1.29, 1.82) is 0 Å². The lowest BCUT2D eigenvalue weighted by molar-refractivity contribution is 0.0906. The van der Waals surface area contributed by atoms with E-state index in [1.807, 2.05) is 0 Å². The first kappa shape index (κ1) is 12.7. The van der Waals surface area contributed by atoms with Crippen LogP contribution in [0.3, 0.4) is 0 Å². The second kappa shape index (κ2) is 5.76. The lowest BCUT2D eigenvalue weighted by atomic mass is 9.91. The van der Waals surface area contributed by atoms with Crippen molar-refractivity contribution < 1.29 is 9.18 Å². The van der Waals surface area contributed by atoms with E-state index in [-0.39, 0.29) is 17.5 Å². The molecule has 0 unspecified atom stereocenters. The van der Waals surface area contributed by atoms with E-state index < -0.39 is 0 Å². The van der Waals surface area contributed by atoms with Crippen LogP contribution in [0.1, 0.15) is 48.9 Å². The Morgan fingerprint density at radius 1 is 1.18 bits per heavy atom. The SMILES string of the molecule is O=C(c1cc(F)ccc1Br)C1CCCCCC1. The van der Waals surface area contributed by atoms with Crippen LogP contribution in [0.15, 0.2) is 22.7 Å². The summed E-state index contributed by atoms with van der Waals surface area (Å²) in [4.78, 5) is 12.3. The van der Waals surface area contributed by atoms with Crippen molar-refractivity contribution in [1.82, 2.24) is 0 Å². The summed E-state index contributed by atoms with van der Waals surface area (Å²) >= 11 is 3.33. The van der Waals surface area contributed by atoms with Crippen molar-refractivity contribution in [2.45, 2.75) is 38.5 Å². The molecule has 92 valence electrons. The van der Waals surface area contributed by atoms with Crippen molar-refractivity contribution in [2.24, 2.45) is 5.92 Å². The highest BCUT2D eigenvalue weighted by atomic mass is 79.9. The Balaban J connectivity index is 2.20. The van der Waals surface area contributed by atoms with Crippen LogP contribution in [0.5, 0.6) is 0 Å². The normalized spacial score (nSPS) is 17.8. The minimum absolute atomic E-state index is 0.0793. The molecular formula is C14H16BrFO. The molecule has 0 aliphatic heterocycles. The monoisotopic (exact) mass is 298 g/mol. The van der Waals surface area contributed by atoms with E-state index in [1.54, 1.807) is 6.07 Å². The topological polar surface area (TPSA) is 17.1 Å². The maximum Gasteiger partial charge on any atom is 0.167 e. The number of ketones is 1. The third-order valence-electron chi connectivity index (χ3n) is 3.42. The summed E-state index contributed by atoms with van der Waals surface area (Å²) in [5.74, 6) is -0.168. The molecule has 1 fully saturated rings. The molecule has 0 bridgehead atoms. The van der Waals surface area contributed by atoms with E-state index >= 15 is 0 Å². The molecule has 3 heteroatoms. The Morgan fingerprint density at radius 2 is 1.82 bits per heavy atom. The van der Waals surface area contributed by atoms with Gasteiger partial charge >= 0.3 is 0 Å². The van der Waals surface area contributed by atoms with Gasteiger partial charge in [0.25, 0.3) is 0 Å². The first-order valence-corrected chi connectivity index (χ1v) is 6.97. The maximum atomic E-state index is 13.2. The molecule has 0 spiro atoms. The van der Waals surface area contributed by atoms with Crippen LogP contribution >= 0.6 is 15.9 Å². The summed E-state index contributed by atoms with van der Waals surface area (Å²) < 4.78 is 13.9. The fraction of sp³-hybridized carbons (Fsp3) is 0.500. The Morgan fingerprint density at radius 3 is 2.47 bits per heavy atom. The molecule has 1 nitrogen and oxygen atoms in total. The van der Waals surface area contributed by atoms with Gasteiger partial charge in [0.15, 0.2) is 5.78 Å². The van der Waals surface area contributed by atoms with Crippen molar-refractivity contribution in [3.05, 3.63) is 34.1 Å². The smallest absolute Gasteiger partial charge is 0.167 e. The molecule has 0 amide bonds. The lowest BCUT2D eigenvalue weighted by Gasteiger charge is -2.13. The first-order valence-electron chi connectivity index (χ1n) is 6.18. The van der Waals surface area contributed by atoms with E-state index in [1.165, 1.54) is 25.0 Å². The number of hydrogen-bond acceptors (Lipinski definition) is 1. The number of Topliss-reactive ketones (excluding diaryl/α,β-unsaturated/α-hetero) is 1. The minimum atomic E-state index is -0.342. The zero-order chi connectivity index (χ0) is 12.3. The van der Waals surface area contributed by atoms with Gasteiger partial charge in [-0.25, -0.2) is 4.39 Å². The summed E-state index contributed by atoms with van der Waals surface area (Å²) in [7, 11) is 0. The number of benzene rings is 1. The number of carbonyl (C=O) groups is 1. The van der Waals surface area contributed by atoms with Gasteiger partial charge in [-0.2, -0.15) is 0 Å². The quantitative estimate of drug-likeness (QED) is 0.569. The molecule has 0 aromatic heterocycles. The highest BCUT2D eigenvalue weighted by Crippen LogP contribution is 2.29. The Hall–Kier alpha value is -0.700. The number of hydrogen-bond donors (Lipinski definition) is 0. The molecular weight excluding hydrogens is 283 g/mol. The summed E-state index contributed by atoms with van der Waals surface area (Å²) in [6, 6.07) is 4.32. The van der Waals surface area contributed by atoms with Crippen molar-refractivity contribution >= 4 is 21.7 Å². The molecule has 1 aliphatic rings. The standard InChI is InChI=1S/C14H16BrFO/c15-13-8-7-11(16)9-12(13)14(17)10-5-3-1-2-4-6-10/h7-10H,1-6H2. The van der Waals surface area contributed by atoms with Gasteiger partial charge < -0.3 is 0 Å². The van der Waals surface area contributed by atoms with Gasteiger partial charge in [-0.15, -0.1) is 0 Å². The van der Waals surface area contributed by atoms with Crippen LogP contribution in [0.4, 0.5) is 4.39 Å². The first-order chi connectivity index (χ1) is 8.18. The Bertz CT molecular complexity index is 409. The maximum absolute atomic E-state index is 13.2. The molecule has 1 aromatic rings. The van der Waals surface area contributed by atoms with Crippen LogP contribution in [0, 0.1) is 11.7 Å². The largest absolute Gasteiger partial charge is 0.294 e. The molecule has 2 rings (SSSR count). The van der Waals surface area contributed by atoms with Crippen LogP contribution in [-0.2, 0) is 0 Å². The average Bonchev–Trinajstić information content (AvgIpc) is 2.60. The van der Waals surface area contributed by atoms with E-state index in [2.05, 4.69) is 15.9 Å². The predicted molar refractivity (Wildman–Crippen MR) is 69.6 cm³/mol. The third-order valence-corrected chi connectivity index (χ3v) is 4.11. The fourth-order valence-corrected chi connectivity index (χ4v) is 2.89. The van der Waals surface area contributed by atoms with Crippen molar-refractivity contribution in [2.75, 3.05) is 0 Å². The van der Waals surface area contributed by atoms with Gasteiger partial charge in [0.05, 0.1) is 0 Å². The highest BCUT2D eigenvalue weighted by Gasteiger charge is 2.23. The van der Waals surface area contributed by atoms with Crippen molar-refractivity contribution in [3.8, 4) is 0 Å². The second-order valence-electron chi connectivity index (χ2n) is 4.68. The average molecular weight is 299 g/mol. The van der Waals surface area contributed by atoms with Crippen LogP contribution in [0.25, 0.3) is 0 Å². The van der Waals surface area contributed by atoms with Crippen LogP contribution in [0.2, 0.25) is 0 Å². The Kier molecular flexibility index (Phi) is 4.32. The molecule has 1 aliphatic carbocycles. The van der Waals surface area contributed by atoms with Crippen LogP contribution < -0.4 is 0 Å². The molecule has 1 aromatic carbocycles. The zero-order valence-corrected chi connectivity index (χ0v) is 11.3. The Labute approximate surface area is 110 Å². The summed E-state index contributed by atoms with van der Waals surface area (Å²) in [5.41, 5.74) is 0.497. The van der Waals surface area contributed by atoms with Crippen LogP contribution in [-0.4, -0.2) is 5.78 Å². The molecule has 0 heterocycles. The lowest BCUT2D eigenvalue weighted by Crippen LogP contribution is -2.14. The molecule has 1 saturated carbocycles. The van der Waals surface area contributed by atoms with Crippen molar-refractivity contribution in [3.63, 3.8) is 0 Å². The predicted octanol–water partition coefficient (Wildman–Crippen LogP) is 4.74. The van der Waals surface area contributed by atoms with E-state index in [0.717, 1.165) is 25.7 Å². The molecule has 0 atom stereocenters. The van der Waals surface area contributed by atoms with Gasteiger partial charge in [0, 0.05) is 16.0 Å². The summed E-state index contributed by atoms with van der Waals surface area (Å²) in [6.07, 6.45) is 6.55. The molecule has 0 N–H and O–H groups in total. The second-order valence-corrected chi connectivity index (χ2v) is 5.53. The van der Waals surface area contributed by atoms with E-state index in [9.17, 15) is 9.18 Å². The van der Waals surface area contributed by atoms with E-state index in [4.69, 9.17) is 0 Å². The van der Waals surface area contributed by atoms with Gasteiger partial charge in [-0.05, 0) is 31.0 Å². The number of rotatable bonds is 2. The summed E-state index contributed by atoms with van der Waals surface area (Å²) in [5, 5.41) is 0. The number of carbonyl (C=O) groups excluding carboxylic acids is 1. The van der Waals surface area contributed by atoms with Gasteiger partial charge in [0.2, 0.25) is 0 Å². The molecule has 0 radical (unpaired) electrons. The van der Waals surface area contributed by atoms with Gasteiger partial charge in [-0.3, -0.25) is 4.79 Å². The minimum Gasteiger partial charge on any atom is -0.294 e. The zero-order valence-electron chi connectivity index (χ0n) is 9.72. The van der Waals surface area contributed by atoms with Gasteiger partial charge in [-0.1, -0.05) is 41.6 Å². The number of halogens is 2. The summed E-state index contributed by atoms with van der Waals surface area (Å²) in [6.45, 7) is 0. The third kappa shape index (κ3) is 3.15. The molecule has 0 saturated heterocycles. The van der Waals surface area contributed by atoms with Gasteiger partial charge in [0.1, 0.15) is 5.82 Å². The highest BCUT2D eigenvalue weighted by molar-refractivity contribution is 9.10.